The summed E-state index contributed by atoms with van der Waals surface area (Å²) in [7, 11) is 0. The van der Waals surface area contributed by atoms with Gasteiger partial charge in [-0.05, 0) is 37.5 Å². The molecule has 3 N–H and O–H groups in total. The maximum absolute atomic E-state index is 5.50. The zero-order valence-corrected chi connectivity index (χ0v) is 10.2. The van der Waals surface area contributed by atoms with E-state index in [9.17, 15) is 0 Å². The van der Waals surface area contributed by atoms with Crippen molar-refractivity contribution in [2.24, 2.45) is 17.6 Å². The third-order valence-electron chi connectivity index (χ3n) is 3.78. The van der Waals surface area contributed by atoms with Gasteiger partial charge in [-0.15, -0.1) is 5.10 Å². The van der Waals surface area contributed by atoms with Crippen LogP contribution < -0.4 is 11.1 Å². The van der Waals surface area contributed by atoms with Crippen LogP contribution in [-0.2, 0) is 13.1 Å². The third-order valence-corrected chi connectivity index (χ3v) is 3.78. The van der Waals surface area contributed by atoms with E-state index in [1.54, 1.807) is 0 Å². The van der Waals surface area contributed by atoms with Crippen LogP contribution in [-0.4, -0.2) is 27.6 Å². The number of nitrogens with one attached hydrogen (secondary N) is 1. The van der Waals surface area contributed by atoms with Crippen LogP contribution in [0.5, 0.6) is 0 Å². The predicted octanol–water partition coefficient (Wildman–Crippen LogP) is 0.515. The molecule has 0 atom stereocenters. The SMILES string of the molecule is NCc1cn(CCNC(C2CC2)C2CC2)nn1. The topological polar surface area (TPSA) is 68.8 Å². The second-order valence-electron chi connectivity index (χ2n) is 5.33. The van der Waals surface area contributed by atoms with E-state index < -0.39 is 0 Å². The van der Waals surface area contributed by atoms with Crippen molar-refractivity contribution in [2.45, 2.75) is 44.8 Å². The van der Waals surface area contributed by atoms with Crippen molar-refractivity contribution in [3.8, 4) is 0 Å². The van der Waals surface area contributed by atoms with E-state index in [-0.39, 0.29) is 0 Å². The van der Waals surface area contributed by atoms with Gasteiger partial charge in [-0.2, -0.15) is 0 Å². The molecule has 17 heavy (non-hydrogen) atoms. The van der Waals surface area contributed by atoms with Crippen LogP contribution in [0.4, 0.5) is 0 Å². The van der Waals surface area contributed by atoms with Crippen molar-refractivity contribution in [3.63, 3.8) is 0 Å². The Balaban J connectivity index is 1.44. The molecule has 1 heterocycles. The van der Waals surface area contributed by atoms with E-state index in [2.05, 4.69) is 15.6 Å². The van der Waals surface area contributed by atoms with Gasteiger partial charge in [0.1, 0.15) is 0 Å². The van der Waals surface area contributed by atoms with Gasteiger partial charge in [0.05, 0.1) is 12.2 Å². The number of aromatic nitrogens is 3. The first-order valence-corrected chi connectivity index (χ1v) is 6.69. The number of rotatable bonds is 7. The zero-order valence-electron chi connectivity index (χ0n) is 10.2. The molecule has 2 saturated carbocycles. The van der Waals surface area contributed by atoms with Gasteiger partial charge in [0.2, 0.25) is 0 Å². The molecule has 1 aromatic rings. The summed E-state index contributed by atoms with van der Waals surface area (Å²) in [6, 6.07) is 0.771. The highest BCUT2D eigenvalue weighted by atomic mass is 15.4. The minimum absolute atomic E-state index is 0.472. The van der Waals surface area contributed by atoms with Crippen molar-refractivity contribution in [2.75, 3.05) is 6.54 Å². The molecular formula is C12H21N5. The normalized spacial score (nSPS) is 20.1. The monoisotopic (exact) mass is 235 g/mol. The average molecular weight is 235 g/mol. The van der Waals surface area contributed by atoms with Gasteiger partial charge in [-0.3, -0.25) is 4.68 Å². The van der Waals surface area contributed by atoms with Gasteiger partial charge >= 0.3 is 0 Å². The highest BCUT2D eigenvalue weighted by Crippen LogP contribution is 2.44. The van der Waals surface area contributed by atoms with Crippen LogP contribution in [0, 0.1) is 11.8 Å². The Labute approximate surface area is 102 Å². The second kappa shape index (κ2) is 4.74. The zero-order chi connectivity index (χ0) is 11.7. The van der Waals surface area contributed by atoms with Gasteiger partial charge in [0.15, 0.2) is 0 Å². The van der Waals surface area contributed by atoms with Crippen LogP contribution in [0.15, 0.2) is 6.20 Å². The summed E-state index contributed by atoms with van der Waals surface area (Å²) in [5, 5.41) is 11.7. The van der Waals surface area contributed by atoms with E-state index in [4.69, 9.17) is 5.73 Å². The van der Waals surface area contributed by atoms with Crippen molar-refractivity contribution in [1.82, 2.24) is 20.3 Å². The Bertz CT molecular complexity index is 355. The molecule has 0 saturated heterocycles. The van der Waals surface area contributed by atoms with Gasteiger partial charge < -0.3 is 11.1 Å². The number of hydrogen-bond donors (Lipinski definition) is 2. The summed E-state index contributed by atoms with van der Waals surface area (Å²) in [5.74, 6) is 1.91. The second-order valence-corrected chi connectivity index (χ2v) is 5.33. The van der Waals surface area contributed by atoms with Gasteiger partial charge in [-0.25, -0.2) is 0 Å². The molecular weight excluding hydrogens is 214 g/mol. The molecule has 0 radical (unpaired) electrons. The molecule has 2 fully saturated rings. The Morgan fingerprint density at radius 2 is 2.06 bits per heavy atom. The summed E-state index contributed by atoms with van der Waals surface area (Å²) in [4.78, 5) is 0. The van der Waals surface area contributed by atoms with E-state index in [0.717, 1.165) is 36.7 Å². The van der Waals surface area contributed by atoms with Gasteiger partial charge in [-0.1, -0.05) is 5.21 Å². The Hall–Kier alpha value is -0.940. The molecule has 0 aliphatic heterocycles. The number of nitrogens with two attached hydrogens (primary N) is 1. The quantitative estimate of drug-likeness (QED) is 0.723. The third kappa shape index (κ3) is 2.84. The van der Waals surface area contributed by atoms with Crippen LogP contribution in [0.25, 0.3) is 0 Å². The van der Waals surface area contributed by atoms with Crippen LogP contribution in [0.3, 0.4) is 0 Å². The van der Waals surface area contributed by atoms with Crippen LogP contribution in [0.1, 0.15) is 31.4 Å². The fraction of sp³-hybridized carbons (Fsp3) is 0.833. The number of nitrogens with zero attached hydrogens (tertiary/aromatic N) is 3. The Morgan fingerprint density at radius 3 is 2.59 bits per heavy atom. The van der Waals surface area contributed by atoms with Crippen LogP contribution in [0.2, 0.25) is 0 Å². The largest absolute Gasteiger partial charge is 0.325 e. The van der Waals surface area contributed by atoms with Crippen LogP contribution >= 0.6 is 0 Å². The molecule has 94 valence electrons. The maximum atomic E-state index is 5.50. The van der Waals surface area contributed by atoms with E-state index in [0.29, 0.717) is 6.54 Å². The summed E-state index contributed by atoms with van der Waals surface area (Å²) in [6.45, 7) is 2.36. The first-order valence-electron chi connectivity index (χ1n) is 6.69. The smallest absolute Gasteiger partial charge is 0.0962 e. The predicted molar refractivity (Wildman–Crippen MR) is 65.2 cm³/mol. The lowest BCUT2D eigenvalue weighted by molar-refractivity contribution is 0.399. The molecule has 0 spiro atoms. The lowest BCUT2D eigenvalue weighted by atomic mass is 10.1. The van der Waals surface area contributed by atoms with Gasteiger partial charge in [0.25, 0.3) is 0 Å². The molecule has 1 aromatic heterocycles. The fourth-order valence-electron chi connectivity index (χ4n) is 2.52. The first-order chi connectivity index (χ1) is 8.36. The minimum Gasteiger partial charge on any atom is -0.325 e. The van der Waals surface area contributed by atoms with Crippen molar-refractivity contribution < 1.29 is 0 Å². The highest BCUT2D eigenvalue weighted by Gasteiger charge is 2.40. The molecule has 0 amide bonds. The molecule has 5 nitrogen and oxygen atoms in total. The fourth-order valence-corrected chi connectivity index (χ4v) is 2.52. The minimum atomic E-state index is 0.472. The van der Waals surface area contributed by atoms with Crippen molar-refractivity contribution in [3.05, 3.63) is 11.9 Å². The Morgan fingerprint density at radius 1 is 1.35 bits per heavy atom. The summed E-state index contributed by atoms with van der Waals surface area (Å²) >= 11 is 0. The summed E-state index contributed by atoms with van der Waals surface area (Å²) in [5.41, 5.74) is 6.37. The maximum Gasteiger partial charge on any atom is 0.0962 e. The Kier molecular flexibility index (Phi) is 3.11. The van der Waals surface area contributed by atoms with Crippen molar-refractivity contribution in [1.29, 1.82) is 0 Å². The average Bonchev–Trinajstić information content (AvgIpc) is 3.25. The molecule has 5 heteroatoms. The summed E-state index contributed by atoms with van der Waals surface area (Å²) < 4.78 is 1.88. The molecule has 0 unspecified atom stereocenters. The summed E-state index contributed by atoms with van der Waals surface area (Å²) in [6.07, 6.45) is 7.64. The van der Waals surface area contributed by atoms with Gasteiger partial charge in [0, 0.05) is 25.3 Å². The van der Waals surface area contributed by atoms with Crippen molar-refractivity contribution >= 4 is 0 Å². The molecule has 0 aromatic carbocycles. The highest BCUT2D eigenvalue weighted by molar-refractivity contribution is 4.96. The molecule has 0 bridgehead atoms. The molecule has 3 rings (SSSR count). The molecule has 2 aliphatic rings. The van der Waals surface area contributed by atoms with E-state index >= 15 is 0 Å². The lowest BCUT2D eigenvalue weighted by Crippen LogP contribution is -2.35. The molecule has 2 aliphatic carbocycles. The van der Waals surface area contributed by atoms with E-state index in [1.807, 2.05) is 10.9 Å². The first kappa shape index (κ1) is 11.2. The number of hydrogen-bond acceptors (Lipinski definition) is 4. The lowest BCUT2D eigenvalue weighted by Gasteiger charge is -2.17. The standard InChI is InChI=1S/C12H21N5/c13-7-11-8-17(16-15-11)6-5-14-12(9-1-2-9)10-3-4-10/h8-10,12,14H,1-7,13H2. The van der Waals surface area contributed by atoms with E-state index in [1.165, 1.54) is 25.7 Å².